The van der Waals surface area contributed by atoms with Crippen molar-refractivity contribution in [3.8, 4) is 16.8 Å². The molecule has 0 fully saturated rings. The molecule has 0 bridgehead atoms. The molecule has 8 aromatic carbocycles. The maximum Gasteiger partial charge on any atom is 0.0547 e. The lowest BCUT2D eigenvalue weighted by Crippen LogP contribution is -2.17. The Balaban J connectivity index is 1.06. The summed E-state index contributed by atoms with van der Waals surface area (Å²) in [5.41, 5.74) is 12.3. The topological polar surface area (TPSA) is 8.17 Å². The molecule has 0 unspecified atom stereocenters. The lowest BCUT2D eigenvalue weighted by atomic mass is 9.82. The summed E-state index contributed by atoms with van der Waals surface area (Å²) in [6, 6.07) is 62.9. The van der Waals surface area contributed by atoms with E-state index in [0.29, 0.717) is 0 Å². The van der Waals surface area contributed by atoms with Crippen molar-refractivity contribution in [3.05, 3.63) is 181 Å². The fourth-order valence-corrected chi connectivity index (χ4v) is 9.89. The van der Waals surface area contributed by atoms with Gasteiger partial charge in [-0.15, -0.1) is 11.3 Å². The number of rotatable bonds is 4. The van der Waals surface area contributed by atoms with Crippen molar-refractivity contribution in [1.29, 1.82) is 0 Å². The highest BCUT2D eigenvalue weighted by Crippen LogP contribution is 2.52. The third kappa shape index (κ3) is 4.23. The summed E-state index contributed by atoms with van der Waals surface area (Å²) in [4.78, 5) is 2.42. The van der Waals surface area contributed by atoms with Gasteiger partial charge in [0.2, 0.25) is 0 Å². The van der Waals surface area contributed by atoms with Gasteiger partial charge in [0, 0.05) is 59.1 Å². The van der Waals surface area contributed by atoms with Crippen LogP contribution in [0.4, 0.5) is 17.1 Å². The Morgan fingerprint density at radius 2 is 1.08 bits per heavy atom. The molecular weight excluding hydrogens is 649 g/mol. The third-order valence-electron chi connectivity index (χ3n) is 11.3. The van der Waals surface area contributed by atoms with Crippen molar-refractivity contribution in [2.45, 2.75) is 19.3 Å². The van der Waals surface area contributed by atoms with Crippen LogP contribution < -0.4 is 4.90 Å². The molecule has 0 saturated carbocycles. The number of hydrogen-bond donors (Lipinski definition) is 0. The van der Waals surface area contributed by atoms with Crippen LogP contribution in [0.3, 0.4) is 0 Å². The summed E-state index contributed by atoms with van der Waals surface area (Å²) >= 11 is 1.86. The summed E-state index contributed by atoms with van der Waals surface area (Å²) in [7, 11) is 0. The fourth-order valence-electron chi connectivity index (χ4n) is 8.80. The molecule has 10 aromatic rings. The molecule has 0 N–H and O–H groups in total. The Bertz CT molecular complexity index is 3050. The van der Waals surface area contributed by atoms with Gasteiger partial charge in [-0.25, -0.2) is 0 Å². The second kappa shape index (κ2) is 10.9. The highest BCUT2D eigenvalue weighted by Gasteiger charge is 2.36. The van der Waals surface area contributed by atoms with Crippen molar-refractivity contribution in [1.82, 2.24) is 4.57 Å². The lowest BCUT2D eigenvalue weighted by Gasteiger charge is -2.28. The molecule has 3 heteroatoms. The van der Waals surface area contributed by atoms with Crippen LogP contribution in [0.1, 0.15) is 25.0 Å². The van der Waals surface area contributed by atoms with Crippen LogP contribution in [-0.2, 0) is 5.41 Å². The van der Waals surface area contributed by atoms with Gasteiger partial charge < -0.3 is 9.47 Å². The zero-order valence-corrected chi connectivity index (χ0v) is 29.8. The smallest absolute Gasteiger partial charge is 0.0547 e. The molecule has 11 rings (SSSR count). The second-order valence-corrected chi connectivity index (χ2v) is 15.7. The number of anilines is 3. The van der Waals surface area contributed by atoms with Crippen molar-refractivity contribution in [2.75, 3.05) is 4.90 Å². The molecule has 2 heterocycles. The molecule has 1 aliphatic carbocycles. The predicted molar refractivity (Wildman–Crippen MR) is 223 cm³/mol. The first-order valence-corrected chi connectivity index (χ1v) is 18.8. The SMILES string of the molecule is CC1(C)c2cc(N(c3ccccc3)c3ccc4sc5ccccc5c4c3)ccc2-c2ccc(-n3c4ccccc4c4cc5ccccc5cc43)cc21. The number of aromatic nitrogens is 1. The van der Waals surface area contributed by atoms with Crippen LogP contribution in [0.2, 0.25) is 0 Å². The molecule has 52 heavy (non-hydrogen) atoms. The van der Waals surface area contributed by atoms with E-state index in [1.165, 1.54) is 86.4 Å². The Kier molecular flexibility index (Phi) is 6.21. The van der Waals surface area contributed by atoms with Crippen LogP contribution in [0.25, 0.3) is 69.6 Å². The van der Waals surface area contributed by atoms with Crippen molar-refractivity contribution in [3.63, 3.8) is 0 Å². The minimum Gasteiger partial charge on any atom is -0.310 e. The van der Waals surface area contributed by atoms with Crippen LogP contribution in [-0.4, -0.2) is 4.57 Å². The predicted octanol–water partition coefficient (Wildman–Crippen LogP) is 14.1. The van der Waals surface area contributed by atoms with Crippen LogP contribution in [0.5, 0.6) is 0 Å². The molecule has 2 aromatic heterocycles. The Morgan fingerprint density at radius 1 is 0.442 bits per heavy atom. The number of nitrogens with zero attached hydrogens (tertiary/aromatic N) is 2. The van der Waals surface area contributed by atoms with E-state index in [-0.39, 0.29) is 5.41 Å². The highest BCUT2D eigenvalue weighted by atomic mass is 32.1. The molecule has 0 radical (unpaired) electrons. The number of benzene rings is 8. The van der Waals surface area contributed by atoms with Crippen molar-refractivity contribution >= 4 is 81.1 Å². The van der Waals surface area contributed by atoms with Gasteiger partial charge in [-0.2, -0.15) is 0 Å². The molecule has 0 spiro atoms. The lowest BCUT2D eigenvalue weighted by molar-refractivity contribution is 0.660. The van der Waals surface area contributed by atoms with E-state index in [1.54, 1.807) is 0 Å². The van der Waals surface area contributed by atoms with Crippen molar-refractivity contribution in [2.24, 2.45) is 0 Å². The number of thiophene rings is 1. The molecular formula is C49H34N2S. The first-order valence-electron chi connectivity index (χ1n) is 18.0. The molecule has 0 saturated heterocycles. The summed E-state index contributed by atoms with van der Waals surface area (Å²) in [5.74, 6) is 0. The molecule has 0 amide bonds. The quantitative estimate of drug-likeness (QED) is 0.179. The van der Waals surface area contributed by atoms with Crippen LogP contribution >= 0.6 is 11.3 Å². The molecule has 0 aliphatic heterocycles. The van der Waals surface area contributed by atoms with Gasteiger partial charge in [0.25, 0.3) is 0 Å². The first-order chi connectivity index (χ1) is 25.5. The summed E-state index contributed by atoms with van der Waals surface area (Å²) < 4.78 is 5.10. The second-order valence-electron chi connectivity index (χ2n) is 14.6. The highest BCUT2D eigenvalue weighted by molar-refractivity contribution is 7.25. The number of hydrogen-bond acceptors (Lipinski definition) is 2. The monoisotopic (exact) mass is 682 g/mol. The van der Waals surface area contributed by atoms with E-state index in [9.17, 15) is 0 Å². The largest absolute Gasteiger partial charge is 0.310 e. The Morgan fingerprint density at radius 3 is 1.92 bits per heavy atom. The van der Waals surface area contributed by atoms with Crippen molar-refractivity contribution < 1.29 is 0 Å². The maximum absolute atomic E-state index is 2.46. The van der Waals surface area contributed by atoms with Crippen LogP contribution in [0.15, 0.2) is 170 Å². The number of para-hydroxylation sites is 2. The summed E-state index contributed by atoms with van der Waals surface area (Å²) in [5, 5.41) is 7.72. The van der Waals surface area contributed by atoms with E-state index in [4.69, 9.17) is 0 Å². The van der Waals surface area contributed by atoms with Gasteiger partial charge in [-0.3, -0.25) is 0 Å². The van der Waals surface area contributed by atoms with Gasteiger partial charge in [0.1, 0.15) is 0 Å². The number of fused-ring (bicyclic) bond motifs is 10. The van der Waals surface area contributed by atoms with E-state index in [1.807, 2.05) is 11.3 Å². The Hall–Kier alpha value is -6.16. The molecule has 1 aliphatic rings. The van der Waals surface area contributed by atoms with Crippen LogP contribution in [0, 0.1) is 0 Å². The van der Waals surface area contributed by atoms with Gasteiger partial charge in [-0.05, 0) is 112 Å². The fraction of sp³-hybridized carbons (Fsp3) is 0.0612. The van der Waals surface area contributed by atoms with E-state index >= 15 is 0 Å². The zero-order valence-electron chi connectivity index (χ0n) is 29.0. The van der Waals surface area contributed by atoms with E-state index in [2.05, 4.69) is 193 Å². The molecule has 2 nitrogen and oxygen atoms in total. The van der Waals surface area contributed by atoms with Gasteiger partial charge >= 0.3 is 0 Å². The average Bonchev–Trinajstić information content (AvgIpc) is 3.79. The summed E-state index contributed by atoms with van der Waals surface area (Å²) in [6.45, 7) is 4.78. The van der Waals surface area contributed by atoms with Gasteiger partial charge in [0.15, 0.2) is 0 Å². The van der Waals surface area contributed by atoms with Gasteiger partial charge in [-0.1, -0.05) is 105 Å². The van der Waals surface area contributed by atoms with E-state index < -0.39 is 0 Å². The normalized spacial score (nSPS) is 13.3. The average molecular weight is 683 g/mol. The first kappa shape index (κ1) is 29.6. The standard InChI is InChI=1S/C49H34N2S/c1-49(2)43-29-35(50(33-14-4-3-5-15-33)34-22-25-48-42(28-34)40-17-9-11-19-47(40)52-48)20-23-37(43)38-24-21-36(30-44(38)49)51-45-18-10-8-16-39(45)41-26-31-12-6-7-13-32(31)27-46(41)51/h3-30H,1-2H3. The minimum absolute atomic E-state index is 0.196. The third-order valence-corrected chi connectivity index (χ3v) is 12.5. The molecule has 246 valence electrons. The zero-order chi connectivity index (χ0) is 34.6. The Labute approximate surface area is 306 Å². The summed E-state index contributed by atoms with van der Waals surface area (Å²) in [6.07, 6.45) is 0. The molecule has 0 atom stereocenters. The minimum atomic E-state index is -0.196. The van der Waals surface area contributed by atoms with Gasteiger partial charge in [0.05, 0.1) is 11.0 Å². The maximum atomic E-state index is 2.46. The van der Waals surface area contributed by atoms with E-state index in [0.717, 1.165) is 11.4 Å².